The van der Waals surface area contributed by atoms with Crippen LogP contribution < -0.4 is 10.0 Å². The fourth-order valence-corrected chi connectivity index (χ4v) is 4.91. The number of aromatic hydroxyl groups is 1. The van der Waals surface area contributed by atoms with E-state index in [1.807, 2.05) is 63.2 Å². The molecule has 8 nitrogen and oxygen atoms in total. The van der Waals surface area contributed by atoms with Crippen LogP contribution in [0.5, 0.6) is 5.88 Å². The Kier molecular flexibility index (Phi) is 7.03. The molecule has 0 fully saturated rings. The highest BCUT2D eigenvalue weighted by atomic mass is 32.2. The van der Waals surface area contributed by atoms with Crippen molar-refractivity contribution in [3.63, 3.8) is 0 Å². The van der Waals surface area contributed by atoms with Crippen molar-refractivity contribution >= 4 is 21.9 Å². The lowest BCUT2D eigenvalue weighted by molar-refractivity contribution is 0.0950. The SMILES string of the molecule is Cc1cccc(CNC(=O)c2cccc(S(=O)(=O)Nc3nc(O)cc(-c4c(C)cccc4C)n3)c2)c1. The number of aromatic nitrogens is 2. The van der Waals surface area contributed by atoms with Gasteiger partial charge in [0, 0.05) is 23.7 Å². The van der Waals surface area contributed by atoms with E-state index in [1.165, 1.54) is 30.3 Å². The molecule has 0 bridgehead atoms. The summed E-state index contributed by atoms with van der Waals surface area (Å²) in [5, 5.41) is 13.0. The molecule has 0 radical (unpaired) electrons. The topological polar surface area (TPSA) is 121 Å². The van der Waals surface area contributed by atoms with Gasteiger partial charge >= 0.3 is 0 Å². The molecule has 1 aromatic heterocycles. The minimum atomic E-state index is -4.14. The number of sulfonamides is 1. The number of aryl methyl sites for hydroxylation is 3. The molecule has 9 heteroatoms. The van der Waals surface area contributed by atoms with E-state index in [0.717, 1.165) is 27.8 Å². The van der Waals surface area contributed by atoms with Gasteiger partial charge in [0.1, 0.15) is 0 Å². The summed E-state index contributed by atoms with van der Waals surface area (Å²) in [6.07, 6.45) is 0. The molecule has 3 aromatic carbocycles. The van der Waals surface area contributed by atoms with E-state index in [4.69, 9.17) is 0 Å². The first-order valence-electron chi connectivity index (χ1n) is 11.2. The number of nitrogens with one attached hydrogen (secondary N) is 2. The largest absolute Gasteiger partial charge is 0.493 e. The zero-order valence-corrected chi connectivity index (χ0v) is 20.9. The van der Waals surface area contributed by atoms with Crippen LogP contribution in [-0.4, -0.2) is 29.4 Å². The average Bonchev–Trinajstić information content (AvgIpc) is 2.82. The first kappa shape index (κ1) is 24.9. The quantitative estimate of drug-likeness (QED) is 0.342. The molecule has 0 atom stereocenters. The summed E-state index contributed by atoms with van der Waals surface area (Å²) in [7, 11) is -4.14. The van der Waals surface area contributed by atoms with Crippen LogP contribution in [0.2, 0.25) is 0 Å². The predicted molar refractivity (Wildman–Crippen MR) is 138 cm³/mol. The van der Waals surface area contributed by atoms with Crippen molar-refractivity contribution < 1.29 is 18.3 Å². The second-order valence-corrected chi connectivity index (χ2v) is 10.2. The van der Waals surface area contributed by atoms with E-state index in [9.17, 15) is 18.3 Å². The maximum atomic E-state index is 13.1. The number of amides is 1. The normalized spacial score (nSPS) is 11.2. The zero-order chi connectivity index (χ0) is 25.9. The number of rotatable bonds is 7. The average molecular weight is 503 g/mol. The predicted octanol–water partition coefficient (Wildman–Crippen LogP) is 4.51. The van der Waals surface area contributed by atoms with Crippen molar-refractivity contribution in [3.05, 3.63) is 101 Å². The van der Waals surface area contributed by atoms with Gasteiger partial charge in [-0.1, -0.05) is 54.1 Å². The van der Waals surface area contributed by atoms with Crippen LogP contribution in [0.1, 0.15) is 32.6 Å². The first-order valence-corrected chi connectivity index (χ1v) is 12.7. The van der Waals surface area contributed by atoms with Gasteiger partial charge < -0.3 is 10.4 Å². The van der Waals surface area contributed by atoms with Crippen LogP contribution in [0.25, 0.3) is 11.3 Å². The molecule has 0 unspecified atom stereocenters. The Morgan fingerprint density at radius 3 is 2.31 bits per heavy atom. The van der Waals surface area contributed by atoms with Gasteiger partial charge in [-0.25, -0.2) is 18.1 Å². The molecule has 0 spiro atoms. The van der Waals surface area contributed by atoms with Crippen molar-refractivity contribution in [1.82, 2.24) is 15.3 Å². The fraction of sp³-hybridized carbons (Fsp3) is 0.148. The zero-order valence-electron chi connectivity index (χ0n) is 20.1. The van der Waals surface area contributed by atoms with Crippen LogP contribution in [0.3, 0.4) is 0 Å². The van der Waals surface area contributed by atoms with Gasteiger partial charge in [0.15, 0.2) is 0 Å². The minimum Gasteiger partial charge on any atom is -0.493 e. The second-order valence-electron chi connectivity index (χ2n) is 8.51. The first-order chi connectivity index (χ1) is 17.1. The third-order valence-corrected chi connectivity index (χ3v) is 6.94. The molecule has 0 aliphatic rings. The van der Waals surface area contributed by atoms with E-state index in [-0.39, 0.29) is 22.3 Å². The van der Waals surface area contributed by atoms with Crippen LogP contribution in [0.4, 0.5) is 5.95 Å². The third-order valence-electron chi connectivity index (χ3n) is 5.62. The van der Waals surface area contributed by atoms with Crippen molar-refractivity contribution in [2.24, 2.45) is 0 Å². The van der Waals surface area contributed by atoms with E-state index in [2.05, 4.69) is 20.0 Å². The number of hydrogen-bond donors (Lipinski definition) is 3. The molecule has 4 aromatic rings. The lowest BCUT2D eigenvalue weighted by Gasteiger charge is -2.12. The van der Waals surface area contributed by atoms with Crippen molar-refractivity contribution in [1.29, 1.82) is 0 Å². The molecule has 184 valence electrons. The standard InChI is InChI=1S/C27H26N4O4S/c1-17-7-4-10-20(13-17)16-28-26(33)21-11-6-12-22(14-21)36(34,35)31-27-29-23(15-24(32)30-27)25-18(2)8-5-9-19(25)3/h4-15H,16H2,1-3H3,(H,28,33)(H2,29,30,31,32). The van der Waals surface area contributed by atoms with Gasteiger partial charge in [0.2, 0.25) is 11.8 Å². The smallest absolute Gasteiger partial charge is 0.264 e. The highest BCUT2D eigenvalue weighted by Gasteiger charge is 2.20. The van der Waals surface area contributed by atoms with Crippen molar-refractivity contribution in [2.75, 3.05) is 4.72 Å². The minimum absolute atomic E-state index is 0.133. The summed E-state index contributed by atoms with van der Waals surface area (Å²) in [6, 6.07) is 20.5. The summed E-state index contributed by atoms with van der Waals surface area (Å²) in [4.78, 5) is 20.7. The van der Waals surface area contributed by atoms with Gasteiger partial charge in [-0.3, -0.25) is 4.79 Å². The number of carbonyl (C=O) groups is 1. The van der Waals surface area contributed by atoms with Gasteiger partial charge in [-0.15, -0.1) is 0 Å². The number of carbonyl (C=O) groups excluding carboxylic acids is 1. The van der Waals surface area contributed by atoms with Crippen LogP contribution in [0, 0.1) is 20.8 Å². The number of benzene rings is 3. The molecule has 0 aliphatic heterocycles. The van der Waals surface area contributed by atoms with Crippen molar-refractivity contribution in [3.8, 4) is 17.1 Å². The van der Waals surface area contributed by atoms with E-state index in [1.54, 1.807) is 0 Å². The highest BCUT2D eigenvalue weighted by molar-refractivity contribution is 7.92. The summed E-state index contributed by atoms with van der Waals surface area (Å²) in [5.74, 6) is -1.05. The molecule has 36 heavy (non-hydrogen) atoms. The molecule has 0 saturated carbocycles. The molecule has 4 rings (SSSR count). The summed E-state index contributed by atoms with van der Waals surface area (Å²) >= 11 is 0. The monoisotopic (exact) mass is 502 g/mol. The number of anilines is 1. The van der Waals surface area contributed by atoms with E-state index in [0.29, 0.717) is 12.2 Å². The highest BCUT2D eigenvalue weighted by Crippen LogP contribution is 2.28. The lowest BCUT2D eigenvalue weighted by atomic mass is 10.00. The molecule has 0 aliphatic carbocycles. The summed E-state index contributed by atoms with van der Waals surface area (Å²) in [6.45, 7) is 6.09. The van der Waals surface area contributed by atoms with E-state index < -0.39 is 15.9 Å². The number of hydrogen-bond acceptors (Lipinski definition) is 6. The lowest BCUT2D eigenvalue weighted by Crippen LogP contribution is -2.23. The number of nitrogens with zero attached hydrogens (tertiary/aromatic N) is 2. The van der Waals surface area contributed by atoms with Gasteiger partial charge in [0.25, 0.3) is 15.9 Å². The van der Waals surface area contributed by atoms with Gasteiger partial charge in [-0.05, 0) is 55.7 Å². The Morgan fingerprint density at radius 1 is 0.889 bits per heavy atom. The Morgan fingerprint density at radius 2 is 1.58 bits per heavy atom. The Bertz CT molecular complexity index is 1530. The van der Waals surface area contributed by atoms with E-state index >= 15 is 0 Å². The third kappa shape index (κ3) is 5.69. The maximum absolute atomic E-state index is 13.1. The fourth-order valence-electron chi connectivity index (χ4n) is 3.92. The van der Waals surface area contributed by atoms with Crippen LogP contribution in [-0.2, 0) is 16.6 Å². The van der Waals surface area contributed by atoms with Crippen LogP contribution in [0.15, 0.2) is 77.7 Å². The summed E-state index contributed by atoms with van der Waals surface area (Å²) in [5.41, 5.74) is 5.23. The Labute approximate surface area is 210 Å². The Balaban J connectivity index is 1.56. The van der Waals surface area contributed by atoms with Crippen molar-refractivity contribution in [2.45, 2.75) is 32.2 Å². The van der Waals surface area contributed by atoms with Gasteiger partial charge in [0.05, 0.1) is 10.6 Å². The summed E-state index contributed by atoms with van der Waals surface area (Å²) < 4.78 is 28.5. The molecular formula is C27H26N4O4S. The molecule has 1 heterocycles. The second kappa shape index (κ2) is 10.2. The molecule has 1 amide bonds. The Hall–Kier alpha value is -4.24. The molecule has 3 N–H and O–H groups in total. The van der Waals surface area contributed by atoms with Crippen LogP contribution >= 0.6 is 0 Å². The molecule has 0 saturated heterocycles. The maximum Gasteiger partial charge on any atom is 0.264 e. The molecular weight excluding hydrogens is 476 g/mol. The van der Waals surface area contributed by atoms with Gasteiger partial charge in [-0.2, -0.15) is 4.98 Å².